The van der Waals surface area contributed by atoms with Gasteiger partial charge in [0, 0.05) is 37.1 Å². The lowest BCUT2D eigenvalue weighted by atomic mass is 9.85. The first-order valence-electron chi connectivity index (χ1n) is 8.09. The molecule has 122 valence electrons. The molecule has 2 heterocycles. The average molecular weight is 314 g/mol. The van der Waals surface area contributed by atoms with E-state index in [-0.39, 0.29) is 11.8 Å². The third-order valence-corrected chi connectivity index (χ3v) is 4.28. The number of carbonyl (C=O) groups is 1. The van der Waals surface area contributed by atoms with Gasteiger partial charge in [-0.3, -0.25) is 14.9 Å². The Bertz CT molecular complexity index is 592. The van der Waals surface area contributed by atoms with Gasteiger partial charge < -0.3 is 10.6 Å². The van der Waals surface area contributed by atoms with E-state index in [9.17, 15) is 4.79 Å². The lowest BCUT2D eigenvalue weighted by Crippen LogP contribution is -2.36. The molecule has 3 rings (SSSR count). The number of hydrogen-bond donors (Lipinski definition) is 3. The summed E-state index contributed by atoms with van der Waals surface area (Å²) in [5.74, 6) is 1.10. The second kappa shape index (κ2) is 7.71. The minimum atomic E-state index is 0.124. The molecule has 0 unspecified atom stereocenters. The van der Waals surface area contributed by atoms with E-state index in [1.165, 1.54) is 0 Å². The molecule has 0 saturated heterocycles. The Morgan fingerprint density at radius 2 is 2.09 bits per heavy atom. The predicted octanol–water partition coefficient (Wildman–Crippen LogP) is 1.53. The highest BCUT2D eigenvalue weighted by atomic mass is 16.1. The molecular formula is C16H22N6O. The Morgan fingerprint density at radius 3 is 2.78 bits per heavy atom. The van der Waals surface area contributed by atoms with Gasteiger partial charge in [0.2, 0.25) is 5.91 Å². The maximum atomic E-state index is 12.2. The highest BCUT2D eigenvalue weighted by molar-refractivity contribution is 5.78. The van der Waals surface area contributed by atoms with Crippen LogP contribution in [0.3, 0.4) is 0 Å². The molecule has 0 atom stereocenters. The van der Waals surface area contributed by atoms with Crippen LogP contribution in [0.4, 0.5) is 5.82 Å². The molecule has 0 spiro atoms. The van der Waals surface area contributed by atoms with Gasteiger partial charge in [0.1, 0.15) is 5.82 Å². The Labute approximate surface area is 135 Å². The van der Waals surface area contributed by atoms with Gasteiger partial charge in [-0.1, -0.05) is 0 Å². The van der Waals surface area contributed by atoms with Crippen LogP contribution in [0.5, 0.6) is 0 Å². The molecule has 7 heteroatoms. The van der Waals surface area contributed by atoms with Crippen molar-refractivity contribution in [2.75, 3.05) is 11.9 Å². The Morgan fingerprint density at radius 1 is 1.22 bits per heavy atom. The molecule has 1 amide bonds. The Hall–Kier alpha value is -2.44. The van der Waals surface area contributed by atoms with E-state index in [1.54, 1.807) is 24.8 Å². The molecule has 1 saturated carbocycles. The quantitative estimate of drug-likeness (QED) is 0.751. The van der Waals surface area contributed by atoms with Crippen molar-refractivity contribution >= 4 is 11.7 Å². The van der Waals surface area contributed by atoms with Crippen LogP contribution >= 0.6 is 0 Å². The topological polar surface area (TPSA) is 95.6 Å². The van der Waals surface area contributed by atoms with Crippen molar-refractivity contribution in [1.29, 1.82) is 0 Å². The van der Waals surface area contributed by atoms with Gasteiger partial charge in [0.05, 0.1) is 12.4 Å². The average Bonchev–Trinajstić information content (AvgIpc) is 3.10. The van der Waals surface area contributed by atoms with Crippen molar-refractivity contribution in [2.45, 2.75) is 38.1 Å². The Balaban J connectivity index is 1.37. The summed E-state index contributed by atoms with van der Waals surface area (Å²) in [5.41, 5.74) is 1.11. The van der Waals surface area contributed by atoms with Gasteiger partial charge in [-0.25, -0.2) is 4.98 Å². The van der Waals surface area contributed by atoms with Gasteiger partial charge >= 0.3 is 0 Å². The van der Waals surface area contributed by atoms with Crippen molar-refractivity contribution in [2.24, 2.45) is 5.92 Å². The number of amides is 1. The summed E-state index contributed by atoms with van der Waals surface area (Å²) in [7, 11) is 0. The van der Waals surface area contributed by atoms with Gasteiger partial charge in [-0.2, -0.15) is 5.10 Å². The largest absolute Gasteiger partial charge is 0.366 e. The number of anilines is 1. The van der Waals surface area contributed by atoms with Crippen LogP contribution in [0.2, 0.25) is 0 Å². The van der Waals surface area contributed by atoms with Crippen molar-refractivity contribution in [3.8, 4) is 0 Å². The fourth-order valence-corrected chi connectivity index (χ4v) is 2.97. The first-order chi connectivity index (χ1) is 11.3. The van der Waals surface area contributed by atoms with Crippen LogP contribution in [0.1, 0.15) is 31.2 Å². The zero-order valence-corrected chi connectivity index (χ0v) is 13.0. The van der Waals surface area contributed by atoms with E-state index in [1.807, 2.05) is 6.20 Å². The standard InChI is InChI=1S/C16H22N6O/c23-16(19-6-5-12-9-20-21-10-12)13-1-3-14(4-2-13)22-15-11-17-7-8-18-15/h7-11,13-14H,1-6H2,(H,18,22)(H,19,23)(H,20,21). The minimum absolute atomic E-state index is 0.124. The summed E-state index contributed by atoms with van der Waals surface area (Å²) >= 11 is 0. The number of hydrogen-bond acceptors (Lipinski definition) is 5. The molecule has 1 aliphatic carbocycles. The lowest BCUT2D eigenvalue weighted by molar-refractivity contribution is -0.125. The number of nitrogens with one attached hydrogen (secondary N) is 3. The van der Waals surface area contributed by atoms with Crippen LogP contribution in [0.15, 0.2) is 31.0 Å². The van der Waals surface area contributed by atoms with Crippen LogP contribution in [0.25, 0.3) is 0 Å². The fraction of sp³-hybridized carbons (Fsp3) is 0.500. The van der Waals surface area contributed by atoms with E-state index in [0.717, 1.165) is 43.5 Å². The second-order valence-corrected chi connectivity index (χ2v) is 5.93. The summed E-state index contributed by atoms with van der Waals surface area (Å²) in [6.45, 7) is 0.663. The lowest BCUT2D eigenvalue weighted by Gasteiger charge is -2.28. The maximum absolute atomic E-state index is 12.2. The second-order valence-electron chi connectivity index (χ2n) is 5.93. The van der Waals surface area contributed by atoms with E-state index >= 15 is 0 Å². The van der Waals surface area contributed by atoms with E-state index < -0.39 is 0 Å². The third kappa shape index (κ3) is 4.51. The van der Waals surface area contributed by atoms with Crippen LogP contribution < -0.4 is 10.6 Å². The van der Waals surface area contributed by atoms with Gasteiger partial charge in [-0.05, 0) is 37.7 Å². The normalized spacial score (nSPS) is 20.9. The first kappa shape index (κ1) is 15.5. The van der Waals surface area contributed by atoms with E-state index in [4.69, 9.17) is 0 Å². The van der Waals surface area contributed by atoms with Gasteiger partial charge in [0.15, 0.2) is 0 Å². The van der Waals surface area contributed by atoms with Crippen LogP contribution in [-0.2, 0) is 11.2 Å². The maximum Gasteiger partial charge on any atom is 0.223 e. The van der Waals surface area contributed by atoms with Crippen molar-refractivity contribution < 1.29 is 4.79 Å². The summed E-state index contributed by atoms with van der Waals surface area (Å²) in [5, 5.41) is 13.1. The number of H-pyrrole nitrogens is 1. The first-order valence-corrected chi connectivity index (χ1v) is 8.09. The summed E-state index contributed by atoms with van der Waals surface area (Å²) in [6.07, 6.45) is 13.3. The van der Waals surface area contributed by atoms with Crippen molar-refractivity contribution in [3.05, 3.63) is 36.5 Å². The van der Waals surface area contributed by atoms with Crippen molar-refractivity contribution in [1.82, 2.24) is 25.5 Å². The SMILES string of the molecule is O=C(NCCc1cn[nH]c1)C1CCC(Nc2cnccn2)CC1. The number of nitrogens with zero attached hydrogens (tertiary/aromatic N) is 3. The molecular weight excluding hydrogens is 292 g/mol. The molecule has 1 fully saturated rings. The van der Waals surface area contributed by atoms with E-state index in [2.05, 4.69) is 30.8 Å². The zero-order chi connectivity index (χ0) is 15.9. The summed E-state index contributed by atoms with van der Waals surface area (Å²) < 4.78 is 0. The zero-order valence-electron chi connectivity index (χ0n) is 13.0. The molecule has 0 aliphatic heterocycles. The van der Waals surface area contributed by atoms with Crippen LogP contribution in [0, 0.1) is 5.92 Å². The molecule has 0 bridgehead atoms. The van der Waals surface area contributed by atoms with Crippen LogP contribution in [-0.4, -0.2) is 38.7 Å². The molecule has 23 heavy (non-hydrogen) atoms. The number of rotatable bonds is 6. The monoisotopic (exact) mass is 314 g/mol. The van der Waals surface area contributed by atoms with Crippen molar-refractivity contribution in [3.63, 3.8) is 0 Å². The van der Waals surface area contributed by atoms with E-state index in [0.29, 0.717) is 12.6 Å². The fourth-order valence-electron chi connectivity index (χ4n) is 2.97. The van der Waals surface area contributed by atoms with Gasteiger partial charge in [0.25, 0.3) is 0 Å². The molecule has 2 aromatic heterocycles. The Kier molecular flexibility index (Phi) is 5.18. The third-order valence-electron chi connectivity index (χ3n) is 4.28. The molecule has 0 radical (unpaired) electrons. The molecule has 2 aromatic rings. The predicted molar refractivity (Wildman–Crippen MR) is 86.7 cm³/mol. The summed E-state index contributed by atoms with van der Waals surface area (Å²) in [4.78, 5) is 20.5. The smallest absolute Gasteiger partial charge is 0.223 e. The molecule has 0 aromatic carbocycles. The number of carbonyl (C=O) groups excluding carboxylic acids is 1. The molecule has 1 aliphatic rings. The number of aromatic nitrogens is 4. The summed E-state index contributed by atoms with van der Waals surface area (Å²) in [6, 6.07) is 0.377. The highest BCUT2D eigenvalue weighted by Crippen LogP contribution is 2.26. The molecule has 3 N–H and O–H groups in total. The number of aromatic amines is 1. The highest BCUT2D eigenvalue weighted by Gasteiger charge is 2.26. The van der Waals surface area contributed by atoms with Gasteiger partial charge in [-0.15, -0.1) is 0 Å². The molecule has 7 nitrogen and oxygen atoms in total. The minimum Gasteiger partial charge on any atom is -0.366 e.